The molecule has 0 saturated heterocycles. The molecule has 0 bridgehead atoms. The van der Waals surface area contributed by atoms with Crippen LogP contribution in [0.25, 0.3) is 10.2 Å². The summed E-state index contributed by atoms with van der Waals surface area (Å²) in [7, 11) is 0. The number of aliphatic hydroxyl groups is 1. The smallest absolute Gasteiger partial charge is 0.270 e. The molecule has 136 valence electrons. The lowest BCUT2D eigenvalue weighted by atomic mass is 10.2. The van der Waals surface area contributed by atoms with Crippen molar-refractivity contribution in [1.82, 2.24) is 4.98 Å². The highest BCUT2D eigenvalue weighted by atomic mass is 32.1. The van der Waals surface area contributed by atoms with E-state index in [0.29, 0.717) is 34.0 Å². The molecule has 9 nitrogen and oxygen atoms in total. The van der Waals surface area contributed by atoms with Crippen LogP contribution in [0.3, 0.4) is 0 Å². The van der Waals surface area contributed by atoms with Crippen LogP contribution >= 0.6 is 11.3 Å². The summed E-state index contributed by atoms with van der Waals surface area (Å²) in [6.07, 6.45) is 0.317. The van der Waals surface area contributed by atoms with E-state index in [4.69, 9.17) is 5.26 Å². The van der Waals surface area contributed by atoms with Crippen molar-refractivity contribution in [3.05, 3.63) is 52.6 Å². The van der Waals surface area contributed by atoms with E-state index in [0.717, 1.165) is 5.69 Å². The SMILES string of the molecule is N#CCCN(CO)c1ccc(/N=N/c2nc3ccc([N+](=O)[O-])cc3s2)cc1. The van der Waals surface area contributed by atoms with Crippen molar-refractivity contribution in [1.29, 1.82) is 5.26 Å². The monoisotopic (exact) mass is 382 g/mol. The zero-order chi connectivity index (χ0) is 19.2. The molecular formula is C17H14N6O3S. The van der Waals surface area contributed by atoms with Gasteiger partial charge in [-0.15, -0.1) is 10.2 Å². The van der Waals surface area contributed by atoms with E-state index >= 15 is 0 Å². The van der Waals surface area contributed by atoms with Crippen molar-refractivity contribution in [2.45, 2.75) is 6.42 Å². The Morgan fingerprint density at radius 3 is 2.70 bits per heavy atom. The van der Waals surface area contributed by atoms with Gasteiger partial charge in [0.1, 0.15) is 6.73 Å². The normalized spacial score (nSPS) is 11.0. The van der Waals surface area contributed by atoms with Gasteiger partial charge in [0.15, 0.2) is 0 Å². The molecule has 0 atom stereocenters. The Morgan fingerprint density at radius 1 is 1.26 bits per heavy atom. The fourth-order valence-corrected chi connectivity index (χ4v) is 3.17. The molecule has 0 aliphatic rings. The van der Waals surface area contributed by atoms with Crippen LogP contribution in [0.4, 0.5) is 22.2 Å². The number of benzene rings is 2. The zero-order valence-corrected chi connectivity index (χ0v) is 14.8. The van der Waals surface area contributed by atoms with Crippen molar-refractivity contribution in [3.63, 3.8) is 0 Å². The molecule has 0 spiro atoms. The van der Waals surface area contributed by atoms with Gasteiger partial charge in [-0.1, -0.05) is 11.3 Å². The maximum absolute atomic E-state index is 10.8. The standard InChI is InChI=1S/C17H14N6O3S/c18-8-1-9-22(11-24)13-4-2-12(3-5-13)20-21-17-19-15-7-6-14(23(25)26)10-16(15)27-17/h2-7,10,24H,1,9,11H2/b21-20+. The molecule has 27 heavy (non-hydrogen) atoms. The third-order valence-electron chi connectivity index (χ3n) is 3.70. The number of nitro groups is 1. The molecule has 10 heteroatoms. The molecule has 3 aromatic rings. The average molecular weight is 382 g/mol. The zero-order valence-electron chi connectivity index (χ0n) is 14.0. The minimum Gasteiger partial charge on any atom is -0.376 e. The predicted octanol–water partition coefficient (Wildman–Crippen LogP) is 4.29. The number of anilines is 1. The van der Waals surface area contributed by atoms with E-state index in [1.165, 1.54) is 23.5 Å². The van der Waals surface area contributed by atoms with Gasteiger partial charge < -0.3 is 10.0 Å². The van der Waals surface area contributed by atoms with E-state index in [1.54, 1.807) is 35.2 Å². The first-order valence-corrected chi connectivity index (χ1v) is 8.72. The van der Waals surface area contributed by atoms with Crippen molar-refractivity contribution in [2.24, 2.45) is 10.2 Å². The first kappa shape index (κ1) is 18.4. The number of aromatic nitrogens is 1. The summed E-state index contributed by atoms with van der Waals surface area (Å²) in [5.74, 6) is 0. The second-order valence-corrected chi connectivity index (χ2v) is 6.44. The second-order valence-electron chi connectivity index (χ2n) is 5.43. The molecule has 3 rings (SSSR count). The highest BCUT2D eigenvalue weighted by Crippen LogP contribution is 2.32. The average Bonchev–Trinajstić information content (AvgIpc) is 3.10. The van der Waals surface area contributed by atoms with E-state index in [1.807, 2.05) is 6.07 Å². The van der Waals surface area contributed by atoms with Crippen molar-refractivity contribution in [3.8, 4) is 6.07 Å². The van der Waals surface area contributed by atoms with Crippen LogP contribution in [0.2, 0.25) is 0 Å². The molecule has 0 amide bonds. The summed E-state index contributed by atoms with van der Waals surface area (Å²) in [6, 6.07) is 13.5. The molecule has 1 heterocycles. The van der Waals surface area contributed by atoms with Crippen LogP contribution in [0.1, 0.15) is 6.42 Å². The summed E-state index contributed by atoms with van der Waals surface area (Å²) >= 11 is 1.22. The van der Waals surface area contributed by atoms with Crippen LogP contribution < -0.4 is 4.90 Å². The van der Waals surface area contributed by atoms with Crippen LogP contribution in [0.5, 0.6) is 0 Å². The molecule has 0 fully saturated rings. The van der Waals surface area contributed by atoms with Crippen molar-refractivity contribution < 1.29 is 10.0 Å². The van der Waals surface area contributed by atoms with Crippen molar-refractivity contribution >= 4 is 43.7 Å². The summed E-state index contributed by atoms with van der Waals surface area (Å²) in [4.78, 5) is 16.3. The number of nitro benzene ring substituents is 1. The molecule has 0 radical (unpaired) electrons. The minimum absolute atomic E-state index is 0.00932. The Morgan fingerprint density at radius 2 is 2.04 bits per heavy atom. The minimum atomic E-state index is -0.450. The number of aliphatic hydroxyl groups excluding tert-OH is 1. The molecule has 0 aliphatic carbocycles. The fourth-order valence-electron chi connectivity index (χ4n) is 2.35. The summed E-state index contributed by atoms with van der Waals surface area (Å²) in [5, 5.41) is 37.5. The van der Waals surface area contributed by atoms with Crippen LogP contribution in [-0.2, 0) is 0 Å². The van der Waals surface area contributed by atoms with Gasteiger partial charge in [-0.05, 0) is 30.3 Å². The second kappa shape index (κ2) is 8.31. The Kier molecular flexibility index (Phi) is 5.65. The number of nitriles is 1. The van der Waals surface area contributed by atoms with E-state index in [-0.39, 0.29) is 12.4 Å². The van der Waals surface area contributed by atoms with Crippen molar-refractivity contribution in [2.75, 3.05) is 18.2 Å². The van der Waals surface area contributed by atoms with Gasteiger partial charge in [0.25, 0.3) is 5.69 Å². The first-order valence-electron chi connectivity index (χ1n) is 7.90. The summed E-state index contributed by atoms with van der Waals surface area (Å²) in [5.41, 5.74) is 2.02. The number of rotatable bonds is 7. The molecular weight excluding hydrogens is 368 g/mol. The summed E-state index contributed by atoms with van der Waals surface area (Å²) in [6.45, 7) is 0.256. The molecule has 1 aromatic heterocycles. The highest BCUT2D eigenvalue weighted by molar-refractivity contribution is 7.21. The Bertz CT molecular complexity index is 1030. The van der Waals surface area contributed by atoms with E-state index in [9.17, 15) is 15.2 Å². The number of hydrogen-bond donors (Lipinski definition) is 1. The maximum atomic E-state index is 10.8. The van der Waals surface area contributed by atoms with Gasteiger partial charge in [0, 0.05) is 24.4 Å². The topological polar surface area (TPSA) is 128 Å². The Labute approximate surface area is 158 Å². The van der Waals surface area contributed by atoms with Gasteiger partial charge in [-0.3, -0.25) is 10.1 Å². The lowest BCUT2D eigenvalue weighted by Crippen LogP contribution is -2.24. The third kappa shape index (κ3) is 4.41. The Balaban J connectivity index is 1.75. The quantitative estimate of drug-likeness (QED) is 0.281. The number of azo groups is 1. The van der Waals surface area contributed by atoms with E-state index in [2.05, 4.69) is 15.2 Å². The van der Waals surface area contributed by atoms with Crippen LogP contribution in [0.15, 0.2) is 52.7 Å². The van der Waals surface area contributed by atoms with Gasteiger partial charge in [-0.25, -0.2) is 4.98 Å². The third-order valence-corrected chi connectivity index (χ3v) is 4.60. The van der Waals surface area contributed by atoms with E-state index < -0.39 is 4.92 Å². The maximum Gasteiger partial charge on any atom is 0.270 e. The molecule has 0 unspecified atom stereocenters. The van der Waals surface area contributed by atoms with Gasteiger partial charge in [0.05, 0.1) is 33.3 Å². The lowest BCUT2D eigenvalue weighted by Gasteiger charge is -2.20. The van der Waals surface area contributed by atoms with Crippen LogP contribution in [-0.4, -0.2) is 28.3 Å². The van der Waals surface area contributed by atoms with Crippen LogP contribution in [0, 0.1) is 21.4 Å². The molecule has 0 aliphatic heterocycles. The number of thiazole rings is 1. The lowest BCUT2D eigenvalue weighted by molar-refractivity contribution is -0.384. The molecule has 0 saturated carbocycles. The van der Waals surface area contributed by atoms with Gasteiger partial charge in [-0.2, -0.15) is 5.26 Å². The Hall–Kier alpha value is -3.42. The highest BCUT2D eigenvalue weighted by Gasteiger charge is 2.10. The molecule has 1 N–H and O–H groups in total. The predicted molar refractivity (Wildman–Crippen MR) is 102 cm³/mol. The summed E-state index contributed by atoms with van der Waals surface area (Å²) < 4.78 is 0.671. The van der Waals surface area contributed by atoms with Gasteiger partial charge in [0.2, 0.25) is 5.13 Å². The van der Waals surface area contributed by atoms with Gasteiger partial charge >= 0.3 is 0 Å². The largest absolute Gasteiger partial charge is 0.376 e. The number of hydrogen-bond acceptors (Lipinski definition) is 9. The molecule has 2 aromatic carbocycles. The number of non-ortho nitro benzene ring substituents is 1. The first-order chi connectivity index (χ1) is 13.1. The number of fused-ring (bicyclic) bond motifs is 1. The fraction of sp³-hybridized carbons (Fsp3) is 0.176. The number of nitrogens with zero attached hydrogens (tertiary/aromatic N) is 6.